The van der Waals surface area contributed by atoms with Crippen LogP contribution < -0.4 is 5.32 Å². The lowest BCUT2D eigenvalue weighted by Crippen LogP contribution is -2.13. The molecule has 20 heavy (non-hydrogen) atoms. The lowest BCUT2D eigenvalue weighted by Gasteiger charge is -2.21. The van der Waals surface area contributed by atoms with Crippen LogP contribution in [0, 0.1) is 12.8 Å². The van der Waals surface area contributed by atoms with Crippen molar-refractivity contribution >= 4 is 28.9 Å². The Kier molecular flexibility index (Phi) is 3.91. The van der Waals surface area contributed by atoms with Crippen molar-refractivity contribution in [2.24, 2.45) is 5.92 Å². The van der Waals surface area contributed by atoms with Crippen LogP contribution in [0.1, 0.15) is 30.0 Å². The van der Waals surface area contributed by atoms with Crippen molar-refractivity contribution in [2.75, 3.05) is 5.32 Å². The molecule has 3 rings (SSSR count). The van der Waals surface area contributed by atoms with Crippen LogP contribution in [0.4, 0.5) is 5.69 Å². The van der Waals surface area contributed by atoms with Crippen molar-refractivity contribution in [3.05, 3.63) is 63.6 Å². The number of nitrogens with one attached hydrogen (secondary N) is 1. The average molecular weight is 306 g/mol. The van der Waals surface area contributed by atoms with Crippen molar-refractivity contribution in [3.63, 3.8) is 0 Å². The first kappa shape index (κ1) is 13.8. The topological polar surface area (TPSA) is 12.0 Å². The number of aryl methyl sites for hydroxylation is 1. The number of hydrogen-bond acceptors (Lipinski definition) is 1. The van der Waals surface area contributed by atoms with Gasteiger partial charge < -0.3 is 5.32 Å². The Morgan fingerprint density at radius 1 is 1.05 bits per heavy atom. The van der Waals surface area contributed by atoms with Gasteiger partial charge in [-0.15, -0.1) is 0 Å². The van der Waals surface area contributed by atoms with Crippen LogP contribution in [-0.2, 0) is 0 Å². The predicted octanol–water partition coefficient (Wildman–Crippen LogP) is 5.87. The van der Waals surface area contributed by atoms with Gasteiger partial charge in [-0.05, 0) is 49.4 Å². The van der Waals surface area contributed by atoms with Crippen molar-refractivity contribution < 1.29 is 0 Å². The molecule has 1 atom stereocenters. The molecular formula is C17H17Cl2N. The Bertz CT molecular complexity index is 603. The van der Waals surface area contributed by atoms with Crippen LogP contribution in [0.2, 0.25) is 10.0 Å². The molecule has 0 aromatic heterocycles. The van der Waals surface area contributed by atoms with E-state index >= 15 is 0 Å². The minimum Gasteiger partial charge on any atom is -0.377 e. The molecule has 1 aliphatic rings. The average Bonchev–Trinajstić information content (AvgIpc) is 3.24. The standard InChI is InChI=1S/C17H17Cl2N/c1-11-2-4-12(5-3-11)17(13-6-7-13)20-16-9-8-14(18)10-15(16)19/h2-5,8-10,13,17,20H,6-7H2,1H3. The largest absolute Gasteiger partial charge is 0.377 e. The zero-order valence-electron chi connectivity index (χ0n) is 11.4. The third-order valence-corrected chi connectivity index (χ3v) is 4.32. The second-order valence-electron chi connectivity index (χ2n) is 5.49. The van der Waals surface area contributed by atoms with Gasteiger partial charge in [-0.3, -0.25) is 0 Å². The maximum absolute atomic E-state index is 6.26. The molecule has 2 aromatic carbocycles. The summed E-state index contributed by atoms with van der Waals surface area (Å²) in [6.45, 7) is 2.11. The van der Waals surface area contributed by atoms with Crippen molar-refractivity contribution in [3.8, 4) is 0 Å². The summed E-state index contributed by atoms with van der Waals surface area (Å²) in [6.07, 6.45) is 2.55. The summed E-state index contributed by atoms with van der Waals surface area (Å²) in [5, 5.41) is 4.92. The Morgan fingerprint density at radius 3 is 2.35 bits per heavy atom. The molecule has 1 N–H and O–H groups in total. The van der Waals surface area contributed by atoms with E-state index in [0.29, 0.717) is 22.0 Å². The lowest BCUT2D eigenvalue weighted by atomic mass is 10.0. The van der Waals surface area contributed by atoms with Crippen LogP contribution in [0.15, 0.2) is 42.5 Å². The van der Waals surface area contributed by atoms with Gasteiger partial charge in [0.2, 0.25) is 0 Å². The molecular weight excluding hydrogens is 289 g/mol. The fourth-order valence-electron chi connectivity index (χ4n) is 2.45. The van der Waals surface area contributed by atoms with E-state index < -0.39 is 0 Å². The summed E-state index contributed by atoms with van der Waals surface area (Å²) in [5.74, 6) is 0.699. The predicted molar refractivity (Wildman–Crippen MR) is 86.7 cm³/mol. The molecule has 1 saturated carbocycles. The third kappa shape index (κ3) is 3.11. The molecule has 1 aliphatic carbocycles. The Labute approximate surface area is 129 Å². The van der Waals surface area contributed by atoms with E-state index in [1.54, 1.807) is 6.07 Å². The molecule has 0 saturated heterocycles. The lowest BCUT2D eigenvalue weighted by molar-refractivity contribution is 0.679. The zero-order chi connectivity index (χ0) is 14.1. The molecule has 1 fully saturated rings. The van der Waals surface area contributed by atoms with E-state index in [2.05, 4.69) is 36.5 Å². The van der Waals surface area contributed by atoms with Gasteiger partial charge in [0.25, 0.3) is 0 Å². The molecule has 2 aromatic rings. The summed E-state index contributed by atoms with van der Waals surface area (Å²) in [4.78, 5) is 0. The fraction of sp³-hybridized carbons (Fsp3) is 0.294. The Morgan fingerprint density at radius 2 is 1.75 bits per heavy atom. The van der Waals surface area contributed by atoms with Crippen LogP contribution in [-0.4, -0.2) is 0 Å². The molecule has 0 spiro atoms. The maximum atomic E-state index is 6.26. The van der Waals surface area contributed by atoms with E-state index in [0.717, 1.165) is 5.69 Å². The summed E-state index contributed by atoms with van der Waals surface area (Å²) in [7, 11) is 0. The first-order valence-electron chi connectivity index (χ1n) is 6.91. The number of anilines is 1. The second kappa shape index (κ2) is 5.67. The Balaban J connectivity index is 1.86. The highest BCUT2D eigenvalue weighted by Crippen LogP contribution is 2.43. The second-order valence-corrected chi connectivity index (χ2v) is 6.34. The first-order chi connectivity index (χ1) is 9.63. The number of benzene rings is 2. The normalized spacial score (nSPS) is 15.9. The summed E-state index contributed by atoms with van der Waals surface area (Å²) >= 11 is 12.2. The molecule has 104 valence electrons. The smallest absolute Gasteiger partial charge is 0.0652 e. The molecule has 1 nitrogen and oxygen atoms in total. The quantitative estimate of drug-likeness (QED) is 0.745. The molecule has 3 heteroatoms. The maximum Gasteiger partial charge on any atom is 0.0652 e. The van der Waals surface area contributed by atoms with Gasteiger partial charge in [0.15, 0.2) is 0 Å². The summed E-state index contributed by atoms with van der Waals surface area (Å²) < 4.78 is 0. The minimum atomic E-state index is 0.328. The van der Waals surface area contributed by atoms with Gasteiger partial charge in [-0.2, -0.15) is 0 Å². The molecule has 0 heterocycles. The highest BCUT2D eigenvalue weighted by atomic mass is 35.5. The molecule has 0 bridgehead atoms. The van der Waals surface area contributed by atoms with E-state index in [1.807, 2.05) is 12.1 Å². The number of hydrogen-bond donors (Lipinski definition) is 1. The van der Waals surface area contributed by atoms with Crippen molar-refractivity contribution in [2.45, 2.75) is 25.8 Å². The van der Waals surface area contributed by atoms with Gasteiger partial charge in [0, 0.05) is 5.02 Å². The van der Waals surface area contributed by atoms with Crippen molar-refractivity contribution in [1.29, 1.82) is 0 Å². The van der Waals surface area contributed by atoms with E-state index in [9.17, 15) is 0 Å². The molecule has 0 radical (unpaired) electrons. The SMILES string of the molecule is Cc1ccc(C(Nc2ccc(Cl)cc2Cl)C2CC2)cc1. The monoisotopic (exact) mass is 305 g/mol. The van der Waals surface area contributed by atoms with E-state index in [1.165, 1.54) is 24.0 Å². The highest BCUT2D eigenvalue weighted by molar-refractivity contribution is 6.36. The van der Waals surface area contributed by atoms with E-state index in [4.69, 9.17) is 23.2 Å². The van der Waals surface area contributed by atoms with Gasteiger partial charge in [0.1, 0.15) is 0 Å². The minimum absolute atomic E-state index is 0.328. The first-order valence-corrected chi connectivity index (χ1v) is 7.67. The summed E-state index contributed by atoms with van der Waals surface area (Å²) in [6, 6.07) is 14.7. The number of halogens is 2. The molecule has 0 aliphatic heterocycles. The van der Waals surface area contributed by atoms with E-state index in [-0.39, 0.29) is 0 Å². The van der Waals surface area contributed by atoms with Crippen LogP contribution in [0.25, 0.3) is 0 Å². The van der Waals surface area contributed by atoms with Gasteiger partial charge in [0.05, 0.1) is 16.8 Å². The van der Waals surface area contributed by atoms with Crippen molar-refractivity contribution in [1.82, 2.24) is 0 Å². The van der Waals surface area contributed by atoms with Crippen LogP contribution in [0.3, 0.4) is 0 Å². The van der Waals surface area contributed by atoms with Crippen LogP contribution >= 0.6 is 23.2 Å². The van der Waals surface area contributed by atoms with Gasteiger partial charge >= 0.3 is 0 Å². The Hall–Kier alpha value is -1.18. The highest BCUT2D eigenvalue weighted by Gasteiger charge is 2.32. The fourth-order valence-corrected chi connectivity index (χ4v) is 2.91. The third-order valence-electron chi connectivity index (χ3n) is 3.77. The summed E-state index contributed by atoms with van der Waals surface area (Å²) in [5.41, 5.74) is 3.56. The van der Waals surface area contributed by atoms with Crippen LogP contribution in [0.5, 0.6) is 0 Å². The van der Waals surface area contributed by atoms with Gasteiger partial charge in [-0.25, -0.2) is 0 Å². The number of rotatable bonds is 4. The molecule has 1 unspecified atom stereocenters. The van der Waals surface area contributed by atoms with Gasteiger partial charge in [-0.1, -0.05) is 53.0 Å². The molecule has 0 amide bonds. The zero-order valence-corrected chi connectivity index (χ0v) is 12.9.